The molecular formula is C19H20N2O4. The average molecular weight is 340 g/mol. The summed E-state index contributed by atoms with van der Waals surface area (Å²) >= 11 is 0. The third-order valence-corrected chi connectivity index (χ3v) is 4.46. The summed E-state index contributed by atoms with van der Waals surface area (Å²) in [6, 6.07) is 10.8. The fourth-order valence-electron chi connectivity index (χ4n) is 2.99. The van der Waals surface area contributed by atoms with Gasteiger partial charge in [-0.15, -0.1) is 0 Å². The van der Waals surface area contributed by atoms with Gasteiger partial charge in [-0.1, -0.05) is 24.3 Å². The molecular weight excluding hydrogens is 320 g/mol. The van der Waals surface area contributed by atoms with Gasteiger partial charge in [0.05, 0.1) is 24.8 Å². The van der Waals surface area contributed by atoms with Gasteiger partial charge in [-0.3, -0.25) is 4.79 Å². The van der Waals surface area contributed by atoms with Crippen LogP contribution in [0.15, 0.2) is 42.6 Å². The highest BCUT2D eigenvalue weighted by molar-refractivity contribution is 5.95. The molecule has 1 aromatic heterocycles. The summed E-state index contributed by atoms with van der Waals surface area (Å²) in [5.74, 6) is -1.28. The lowest BCUT2D eigenvalue weighted by atomic mass is 10.0. The van der Waals surface area contributed by atoms with Crippen molar-refractivity contribution in [3.8, 4) is 0 Å². The topological polar surface area (TPSA) is 79.7 Å². The molecule has 1 fully saturated rings. The molecule has 1 saturated heterocycles. The summed E-state index contributed by atoms with van der Waals surface area (Å²) in [4.78, 5) is 29.3. The zero-order chi connectivity index (χ0) is 18.0. The molecule has 1 amide bonds. The summed E-state index contributed by atoms with van der Waals surface area (Å²) in [5.41, 5.74) is 2.50. The van der Waals surface area contributed by atoms with Crippen molar-refractivity contribution in [2.24, 2.45) is 0 Å². The Morgan fingerprint density at radius 3 is 2.64 bits per heavy atom. The smallest absolute Gasteiger partial charge is 0.354 e. The zero-order valence-corrected chi connectivity index (χ0v) is 14.2. The molecule has 1 aromatic carbocycles. The first kappa shape index (κ1) is 17.1. The number of pyridine rings is 1. The Kier molecular flexibility index (Phi) is 4.81. The second-order valence-corrected chi connectivity index (χ2v) is 6.22. The number of hydrogen-bond acceptors (Lipinski definition) is 4. The van der Waals surface area contributed by atoms with E-state index in [-0.39, 0.29) is 23.7 Å². The molecule has 0 aliphatic carbocycles. The molecule has 2 aromatic rings. The van der Waals surface area contributed by atoms with Crippen molar-refractivity contribution in [1.82, 2.24) is 9.88 Å². The molecule has 6 heteroatoms. The van der Waals surface area contributed by atoms with Crippen LogP contribution in [0.4, 0.5) is 0 Å². The Morgan fingerprint density at radius 2 is 2.00 bits per heavy atom. The average Bonchev–Trinajstić information content (AvgIpc) is 2.62. The van der Waals surface area contributed by atoms with Crippen molar-refractivity contribution in [3.05, 3.63) is 65.0 Å². The minimum Gasteiger partial charge on any atom is -0.477 e. The molecule has 1 N–H and O–H groups in total. The lowest BCUT2D eigenvalue weighted by molar-refractivity contribution is -0.0489. The first-order valence-electron chi connectivity index (χ1n) is 8.15. The van der Waals surface area contributed by atoms with E-state index in [9.17, 15) is 9.59 Å². The molecule has 0 radical (unpaired) electrons. The molecule has 0 spiro atoms. The SMILES string of the molecule is Cc1ccccc1[C@@H]1CN(C(=O)c2ccc(C(=O)O)nc2)[C@H](C)CO1. The van der Waals surface area contributed by atoms with E-state index in [4.69, 9.17) is 9.84 Å². The fraction of sp³-hybridized carbons (Fsp3) is 0.316. The normalized spacial score (nSPS) is 20.3. The number of carbonyl (C=O) groups is 2. The number of ether oxygens (including phenoxy) is 1. The number of carbonyl (C=O) groups excluding carboxylic acids is 1. The first-order valence-corrected chi connectivity index (χ1v) is 8.15. The lowest BCUT2D eigenvalue weighted by Crippen LogP contribution is -2.48. The molecule has 1 aliphatic heterocycles. The zero-order valence-electron chi connectivity index (χ0n) is 14.2. The van der Waals surface area contributed by atoms with Crippen LogP contribution in [0.5, 0.6) is 0 Å². The highest BCUT2D eigenvalue weighted by atomic mass is 16.5. The highest BCUT2D eigenvalue weighted by Crippen LogP contribution is 2.28. The molecule has 25 heavy (non-hydrogen) atoms. The van der Waals surface area contributed by atoms with Crippen molar-refractivity contribution in [2.45, 2.75) is 26.0 Å². The third-order valence-electron chi connectivity index (χ3n) is 4.46. The van der Waals surface area contributed by atoms with Gasteiger partial charge < -0.3 is 14.7 Å². The maximum atomic E-state index is 12.8. The molecule has 130 valence electrons. The molecule has 0 unspecified atom stereocenters. The van der Waals surface area contributed by atoms with Gasteiger partial charge in [0.2, 0.25) is 0 Å². The number of aromatic nitrogens is 1. The summed E-state index contributed by atoms with van der Waals surface area (Å²) in [7, 11) is 0. The number of amides is 1. The van der Waals surface area contributed by atoms with Crippen LogP contribution in [0.3, 0.4) is 0 Å². The first-order chi connectivity index (χ1) is 12.0. The number of benzene rings is 1. The summed E-state index contributed by atoms with van der Waals surface area (Å²) in [5, 5.41) is 8.92. The monoisotopic (exact) mass is 340 g/mol. The van der Waals surface area contributed by atoms with E-state index >= 15 is 0 Å². The third kappa shape index (κ3) is 3.53. The number of carboxylic acid groups (broad SMARTS) is 1. The van der Waals surface area contributed by atoms with Crippen molar-refractivity contribution in [3.63, 3.8) is 0 Å². The Labute approximate surface area is 146 Å². The maximum absolute atomic E-state index is 12.8. The van der Waals surface area contributed by atoms with E-state index in [0.29, 0.717) is 18.7 Å². The van der Waals surface area contributed by atoms with Gasteiger partial charge >= 0.3 is 5.97 Å². The summed E-state index contributed by atoms with van der Waals surface area (Å²) < 4.78 is 5.94. The van der Waals surface area contributed by atoms with Gasteiger partial charge in [-0.05, 0) is 37.1 Å². The second kappa shape index (κ2) is 7.03. The minimum absolute atomic E-state index is 0.0630. The van der Waals surface area contributed by atoms with Gasteiger partial charge in [0.1, 0.15) is 11.8 Å². The van der Waals surface area contributed by atoms with Crippen molar-refractivity contribution >= 4 is 11.9 Å². The van der Waals surface area contributed by atoms with Crippen LogP contribution in [-0.2, 0) is 4.74 Å². The van der Waals surface area contributed by atoms with Crippen LogP contribution in [0, 0.1) is 6.92 Å². The van der Waals surface area contributed by atoms with E-state index in [1.54, 1.807) is 4.90 Å². The number of carboxylic acids is 1. The minimum atomic E-state index is -1.11. The number of aryl methyl sites for hydroxylation is 1. The van der Waals surface area contributed by atoms with Gasteiger partial charge in [0, 0.05) is 6.20 Å². The predicted octanol–water partition coefficient (Wildman–Crippen LogP) is 2.69. The van der Waals surface area contributed by atoms with Crippen LogP contribution < -0.4 is 0 Å². The van der Waals surface area contributed by atoms with Crippen LogP contribution in [0.1, 0.15) is 45.0 Å². The van der Waals surface area contributed by atoms with E-state index in [0.717, 1.165) is 11.1 Å². The molecule has 3 rings (SSSR count). The van der Waals surface area contributed by atoms with E-state index in [1.165, 1.54) is 18.3 Å². The molecule has 0 saturated carbocycles. The molecule has 1 aliphatic rings. The standard InChI is InChI=1S/C19H20N2O4/c1-12-5-3-4-6-15(12)17-10-21(13(2)11-25-17)18(22)14-7-8-16(19(23)24)20-9-14/h3-9,13,17H,10-11H2,1-2H3,(H,23,24)/t13-,17+/m1/s1. The van der Waals surface area contributed by atoms with Crippen molar-refractivity contribution in [1.29, 1.82) is 0 Å². The number of nitrogens with zero attached hydrogens (tertiary/aromatic N) is 2. The Hall–Kier alpha value is -2.73. The van der Waals surface area contributed by atoms with Crippen molar-refractivity contribution in [2.75, 3.05) is 13.2 Å². The lowest BCUT2D eigenvalue weighted by Gasteiger charge is -2.38. The van der Waals surface area contributed by atoms with Gasteiger partial charge in [-0.2, -0.15) is 0 Å². The van der Waals surface area contributed by atoms with E-state index in [1.807, 2.05) is 38.1 Å². The Morgan fingerprint density at radius 1 is 1.24 bits per heavy atom. The number of morpholine rings is 1. The van der Waals surface area contributed by atoms with Crippen LogP contribution in [0.25, 0.3) is 0 Å². The van der Waals surface area contributed by atoms with Crippen LogP contribution in [-0.4, -0.2) is 46.1 Å². The number of hydrogen-bond donors (Lipinski definition) is 1. The van der Waals surface area contributed by atoms with Crippen molar-refractivity contribution < 1.29 is 19.4 Å². The predicted molar refractivity (Wildman–Crippen MR) is 91.6 cm³/mol. The molecule has 2 heterocycles. The Bertz CT molecular complexity index is 788. The van der Waals surface area contributed by atoms with Crippen LogP contribution in [0.2, 0.25) is 0 Å². The van der Waals surface area contributed by atoms with Gasteiger partial charge in [0.25, 0.3) is 5.91 Å². The molecule has 6 nitrogen and oxygen atoms in total. The quantitative estimate of drug-likeness (QED) is 0.929. The molecule has 0 bridgehead atoms. The number of aromatic carboxylic acids is 1. The van der Waals surface area contributed by atoms with Crippen LogP contribution >= 0.6 is 0 Å². The van der Waals surface area contributed by atoms with E-state index in [2.05, 4.69) is 4.98 Å². The van der Waals surface area contributed by atoms with E-state index < -0.39 is 5.97 Å². The summed E-state index contributed by atoms with van der Waals surface area (Å²) in [6.45, 7) is 4.86. The van der Waals surface area contributed by atoms with Gasteiger partial charge in [0.15, 0.2) is 0 Å². The maximum Gasteiger partial charge on any atom is 0.354 e. The number of rotatable bonds is 3. The van der Waals surface area contributed by atoms with Gasteiger partial charge in [-0.25, -0.2) is 9.78 Å². The fourth-order valence-corrected chi connectivity index (χ4v) is 2.99. The summed E-state index contributed by atoms with van der Waals surface area (Å²) in [6.07, 6.45) is 1.14. The highest BCUT2D eigenvalue weighted by Gasteiger charge is 2.31. The second-order valence-electron chi connectivity index (χ2n) is 6.22. The molecule has 2 atom stereocenters. The largest absolute Gasteiger partial charge is 0.477 e. The Balaban J connectivity index is 1.81.